The predicted octanol–water partition coefficient (Wildman–Crippen LogP) is 1.92. The van der Waals surface area contributed by atoms with E-state index in [2.05, 4.69) is 11.9 Å². The fourth-order valence-corrected chi connectivity index (χ4v) is 2.08. The van der Waals surface area contributed by atoms with Crippen molar-refractivity contribution in [2.75, 3.05) is 11.6 Å². The Labute approximate surface area is 102 Å². The van der Waals surface area contributed by atoms with Crippen LogP contribution in [-0.2, 0) is 15.6 Å². The molecule has 0 heterocycles. The Hall–Kier alpha value is -1.93. The first-order valence-corrected chi connectivity index (χ1v) is 6.41. The number of benzene rings is 1. The first kappa shape index (κ1) is 13.1. The number of amides is 1. The highest BCUT2D eigenvalue weighted by atomic mass is 32.2. The Kier molecular flexibility index (Phi) is 4.61. The van der Waals surface area contributed by atoms with Crippen molar-refractivity contribution in [3.8, 4) is 6.07 Å². The molecule has 0 bridgehead atoms. The molecule has 1 aromatic carbocycles. The molecular weight excluding hydrogens is 236 g/mol. The smallest absolute Gasteiger partial charge is 0.238 e. The van der Waals surface area contributed by atoms with Crippen molar-refractivity contribution in [2.24, 2.45) is 0 Å². The van der Waals surface area contributed by atoms with Crippen molar-refractivity contribution in [1.29, 1.82) is 5.26 Å². The zero-order chi connectivity index (χ0) is 12.8. The summed E-state index contributed by atoms with van der Waals surface area (Å²) >= 11 is 0. The Morgan fingerprint density at radius 1 is 1.65 bits per heavy atom. The minimum absolute atomic E-state index is 0.201. The molecule has 0 aliphatic rings. The molecule has 88 valence electrons. The van der Waals surface area contributed by atoms with Crippen LogP contribution in [0.15, 0.2) is 29.7 Å². The minimum atomic E-state index is -1.16. The molecule has 0 aromatic heterocycles. The lowest BCUT2D eigenvalue weighted by Gasteiger charge is -2.07. The van der Waals surface area contributed by atoms with Crippen LogP contribution in [-0.4, -0.2) is 16.4 Å². The molecule has 0 saturated heterocycles. The molecule has 0 aliphatic carbocycles. The van der Waals surface area contributed by atoms with Crippen molar-refractivity contribution in [3.05, 3.63) is 30.3 Å². The maximum absolute atomic E-state index is 11.5. The lowest BCUT2D eigenvalue weighted by Crippen LogP contribution is -2.10. The van der Waals surface area contributed by atoms with Gasteiger partial charge in [-0.15, -0.1) is 0 Å². The van der Waals surface area contributed by atoms with Crippen LogP contribution < -0.4 is 5.32 Å². The van der Waals surface area contributed by atoms with Crippen molar-refractivity contribution >= 4 is 28.5 Å². The fraction of sp³-hybridized carbons (Fsp3) is 0.167. The van der Waals surface area contributed by atoms with Gasteiger partial charge >= 0.3 is 0 Å². The van der Waals surface area contributed by atoms with Crippen LogP contribution >= 0.6 is 0 Å². The molecular formula is C12H12N2O2S. The van der Waals surface area contributed by atoms with Crippen LogP contribution in [0.2, 0.25) is 0 Å². The molecule has 5 heteroatoms. The number of carbonyl (C=O) groups is 1. The van der Waals surface area contributed by atoms with Gasteiger partial charge in [-0.25, -0.2) is 0 Å². The largest absolute Gasteiger partial charge is 0.325 e. The average molecular weight is 248 g/mol. The third-order valence-electron chi connectivity index (χ3n) is 2.07. The van der Waals surface area contributed by atoms with Gasteiger partial charge in [-0.05, 0) is 17.7 Å². The quantitative estimate of drug-likeness (QED) is 0.885. The van der Waals surface area contributed by atoms with Gasteiger partial charge in [0.05, 0.1) is 16.9 Å². The third-order valence-corrected chi connectivity index (χ3v) is 3.04. The Morgan fingerprint density at radius 3 is 2.88 bits per heavy atom. The number of anilines is 1. The first-order valence-electron chi connectivity index (χ1n) is 4.85. The minimum Gasteiger partial charge on any atom is -0.325 e. The van der Waals surface area contributed by atoms with Crippen LogP contribution in [0.1, 0.15) is 12.0 Å². The topological polar surface area (TPSA) is 70.0 Å². The Bertz CT molecular complexity index is 518. The summed E-state index contributed by atoms with van der Waals surface area (Å²) < 4.78 is 11.5. The van der Waals surface area contributed by atoms with Crippen LogP contribution in [0.25, 0.3) is 6.08 Å². The summed E-state index contributed by atoms with van der Waals surface area (Å²) in [5.41, 5.74) is 1.30. The SMILES string of the molecule is C=Cc1ccc(NC(=O)CC#N)cc1S(C)=O. The standard InChI is InChI=1S/C12H12N2O2S/c1-3-9-4-5-10(8-11(9)17(2)16)14-12(15)6-7-13/h3-5,8H,1,6H2,2H3,(H,14,15). The lowest BCUT2D eigenvalue weighted by atomic mass is 10.2. The van der Waals surface area contributed by atoms with Crippen LogP contribution in [0.5, 0.6) is 0 Å². The normalized spacial score (nSPS) is 11.3. The van der Waals surface area contributed by atoms with Gasteiger partial charge in [0.1, 0.15) is 6.42 Å². The molecule has 0 aliphatic heterocycles. The van der Waals surface area contributed by atoms with Crippen LogP contribution in [0.4, 0.5) is 5.69 Å². The van der Waals surface area contributed by atoms with Gasteiger partial charge in [0.25, 0.3) is 0 Å². The number of hydrogen-bond donors (Lipinski definition) is 1. The maximum Gasteiger partial charge on any atom is 0.238 e. The van der Waals surface area contributed by atoms with Gasteiger partial charge in [0.15, 0.2) is 0 Å². The summed E-state index contributed by atoms with van der Waals surface area (Å²) in [7, 11) is -1.16. The van der Waals surface area contributed by atoms with E-state index in [1.54, 1.807) is 36.6 Å². The highest BCUT2D eigenvalue weighted by Gasteiger charge is 2.07. The van der Waals surface area contributed by atoms with Crippen LogP contribution in [0.3, 0.4) is 0 Å². The van der Waals surface area contributed by atoms with E-state index in [1.165, 1.54) is 0 Å². The lowest BCUT2D eigenvalue weighted by molar-refractivity contribution is -0.115. The number of nitriles is 1. The molecule has 1 aromatic rings. The Balaban J connectivity index is 3.01. The summed E-state index contributed by atoms with van der Waals surface area (Å²) in [6.45, 7) is 3.63. The average Bonchev–Trinajstić information content (AvgIpc) is 2.29. The molecule has 1 N–H and O–H groups in total. The highest BCUT2D eigenvalue weighted by molar-refractivity contribution is 7.84. The summed E-state index contributed by atoms with van der Waals surface area (Å²) in [6, 6.07) is 6.80. The number of carbonyl (C=O) groups excluding carboxylic acids is 1. The van der Waals surface area contributed by atoms with Gasteiger partial charge in [-0.2, -0.15) is 5.26 Å². The van der Waals surface area contributed by atoms with Crippen molar-refractivity contribution < 1.29 is 9.00 Å². The molecule has 1 rings (SSSR count). The molecule has 0 radical (unpaired) electrons. The number of hydrogen-bond acceptors (Lipinski definition) is 3. The van der Waals surface area contributed by atoms with Crippen molar-refractivity contribution in [2.45, 2.75) is 11.3 Å². The first-order chi connectivity index (χ1) is 8.08. The number of nitrogens with zero attached hydrogens (tertiary/aromatic N) is 1. The summed E-state index contributed by atoms with van der Waals surface area (Å²) in [5, 5.41) is 10.9. The van der Waals surface area contributed by atoms with Crippen molar-refractivity contribution in [3.63, 3.8) is 0 Å². The number of nitrogens with one attached hydrogen (secondary N) is 1. The second kappa shape index (κ2) is 5.97. The van der Waals surface area contributed by atoms with Gasteiger partial charge in [0, 0.05) is 16.8 Å². The molecule has 1 unspecified atom stereocenters. The highest BCUT2D eigenvalue weighted by Crippen LogP contribution is 2.19. The molecule has 0 spiro atoms. The fourth-order valence-electron chi connectivity index (χ4n) is 1.31. The number of rotatable bonds is 4. The van der Waals surface area contributed by atoms with E-state index in [0.29, 0.717) is 10.6 Å². The third kappa shape index (κ3) is 3.54. The zero-order valence-electron chi connectivity index (χ0n) is 9.40. The van der Waals surface area contributed by atoms with Crippen LogP contribution in [0, 0.1) is 11.3 Å². The summed E-state index contributed by atoms with van der Waals surface area (Å²) in [6.07, 6.45) is 2.97. The second-order valence-corrected chi connectivity index (χ2v) is 4.64. The molecule has 4 nitrogen and oxygen atoms in total. The van der Waals surface area contributed by atoms with E-state index >= 15 is 0 Å². The molecule has 17 heavy (non-hydrogen) atoms. The van der Waals surface area contributed by atoms with E-state index < -0.39 is 10.8 Å². The molecule has 0 saturated carbocycles. The van der Waals surface area contributed by atoms with E-state index in [0.717, 1.165) is 5.56 Å². The van der Waals surface area contributed by atoms with Crippen molar-refractivity contribution in [1.82, 2.24) is 0 Å². The molecule has 1 atom stereocenters. The van der Waals surface area contributed by atoms with E-state index in [4.69, 9.17) is 5.26 Å². The van der Waals surface area contributed by atoms with Gasteiger partial charge < -0.3 is 5.32 Å². The maximum atomic E-state index is 11.5. The van der Waals surface area contributed by atoms with Gasteiger partial charge in [0.2, 0.25) is 5.91 Å². The zero-order valence-corrected chi connectivity index (χ0v) is 10.2. The monoisotopic (exact) mass is 248 g/mol. The summed E-state index contributed by atoms with van der Waals surface area (Å²) in [5.74, 6) is -0.383. The predicted molar refractivity (Wildman–Crippen MR) is 67.7 cm³/mol. The van der Waals surface area contributed by atoms with Gasteiger partial charge in [-0.1, -0.05) is 18.7 Å². The van der Waals surface area contributed by atoms with E-state index in [-0.39, 0.29) is 12.3 Å². The summed E-state index contributed by atoms with van der Waals surface area (Å²) in [4.78, 5) is 11.8. The second-order valence-electron chi connectivity index (χ2n) is 3.29. The van der Waals surface area contributed by atoms with E-state index in [9.17, 15) is 9.00 Å². The van der Waals surface area contributed by atoms with E-state index in [1.807, 2.05) is 0 Å². The Morgan fingerprint density at radius 2 is 2.35 bits per heavy atom. The van der Waals surface area contributed by atoms with Gasteiger partial charge in [-0.3, -0.25) is 9.00 Å². The molecule has 0 fully saturated rings. The molecule has 1 amide bonds.